The van der Waals surface area contributed by atoms with Crippen LogP contribution >= 0.6 is 15.9 Å². The van der Waals surface area contributed by atoms with Crippen LogP contribution in [0.25, 0.3) is 6.08 Å². The highest BCUT2D eigenvalue weighted by molar-refractivity contribution is 9.09. The SMILES string of the molecule is O=C(C=Cc1ccc([N+](=O)[O-])c(OCc2ccccc2)c1)CBr. The van der Waals surface area contributed by atoms with E-state index < -0.39 is 4.92 Å². The fourth-order valence-corrected chi connectivity index (χ4v) is 2.06. The minimum atomic E-state index is -0.489. The molecule has 0 aromatic heterocycles. The monoisotopic (exact) mass is 375 g/mol. The van der Waals surface area contributed by atoms with Gasteiger partial charge in [-0.05, 0) is 29.3 Å². The topological polar surface area (TPSA) is 69.4 Å². The second kappa shape index (κ2) is 8.24. The lowest BCUT2D eigenvalue weighted by atomic mass is 10.1. The molecule has 0 aliphatic carbocycles. The highest BCUT2D eigenvalue weighted by atomic mass is 79.9. The van der Waals surface area contributed by atoms with Gasteiger partial charge in [0.05, 0.1) is 10.3 Å². The van der Waals surface area contributed by atoms with Crippen LogP contribution in [0.1, 0.15) is 11.1 Å². The molecule has 0 aliphatic rings. The third-order valence-electron chi connectivity index (χ3n) is 3.01. The van der Waals surface area contributed by atoms with Gasteiger partial charge >= 0.3 is 5.69 Å². The molecule has 0 N–H and O–H groups in total. The molecule has 0 saturated carbocycles. The number of carbonyl (C=O) groups is 1. The Labute approximate surface area is 141 Å². The van der Waals surface area contributed by atoms with Crippen molar-refractivity contribution in [3.05, 3.63) is 75.8 Å². The molecule has 6 heteroatoms. The van der Waals surface area contributed by atoms with Crippen LogP contribution in [0, 0.1) is 10.1 Å². The lowest BCUT2D eigenvalue weighted by molar-refractivity contribution is -0.385. The Bertz CT molecular complexity index is 729. The average Bonchev–Trinajstić information content (AvgIpc) is 2.58. The van der Waals surface area contributed by atoms with Crippen molar-refractivity contribution in [2.45, 2.75) is 6.61 Å². The number of nitrogens with zero attached hydrogens (tertiary/aromatic N) is 1. The van der Waals surface area contributed by atoms with E-state index in [1.807, 2.05) is 30.3 Å². The van der Waals surface area contributed by atoms with Gasteiger partial charge in [0.1, 0.15) is 6.61 Å². The van der Waals surface area contributed by atoms with Gasteiger partial charge < -0.3 is 4.74 Å². The zero-order valence-electron chi connectivity index (χ0n) is 12.1. The van der Waals surface area contributed by atoms with E-state index in [9.17, 15) is 14.9 Å². The third-order valence-corrected chi connectivity index (χ3v) is 3.56. The Morgan fingerprint density at radius 2 is 1.96 bits per heavy atom. The molecule has 2 rings (SSSR count). The molecule has 0 heterocycles. The second-order valence-corrected chi connectivity index (χ2v) is 5.25. The van der Waals surface area contributed by atoms with Crippen molar-refractivity contribution in [1.29, 1.82) is 0 Å². The van der Waals surface area contributed by atoms with Gasteiger partial charge in [-0.25, -0.2) is 0 Å². The third kappa shape index (κ3) is 5.03. The van der Waals surface area contributed by atoms with Crippen LogP contribution < -0.4 is 4.74 Å². The fourth-order valence-electron chi connectivity index (χ4n) is 1.87. The van der Waals surface area contributed by atoms with Crippen molar-refractivity contribution >= 4 is 33.5 Å². The van der Waals surface area contributed by atoms with Crippen LogP contribution in [0.5, 0.6) is 5.75 Å². The molecule has 5 nitrogen and oxygen atoms in total. The van der Waals surface area contributed by atoms with Crippen molar-refractivity contribution < 1.29 is 14.5 Å². The van der Waals surface area contributed by atoms with Crippen molar-refractivity contribution in [2.24, 2.45) is 0 Å². The first-order valence-corrected chi connectivity index (χ1v) is 7.94. The van der Waals surface area contributed by atoms with E-state index in [0.29, 0.717) is 5.56 Å². The summed E-state index contributed by atoms with van der Waals surface area (Å²) in [7, 11) is 0. The number of halogens is 1. The zero-order valence-corrected chi connectivity index (χ0v) is 13.7. The molecule has 118 valence electrons. The Balaban J connectivity index is 2.22. The molecule has 0 radical (unpaired) electrons. The number of hydrogen-bond donors (Lipinski definition) is 0. The Morgan fingerprint density at radius 1 is 1.22 bits per heavy atom. The van der Waals surface area contributed by atoms with E-state index in [1.165, 1.54) is 12.1 Å². The van der Waals surface area contributed by atoms with E-state index in [2.05, 4.69) is 15.9 Å². The van der Waals surface area contributed by atoms with Crippen LogP contribution in [0.3, 0.4) is 0 Å². The molecule has 0 spiro atoms. The molecule has 2 aromatic rings. The zero-order chi connectivity index (χ0) is 16.7. The number of allylic oxidation sites excluding steroid dienone is 1. The normalized spacial score (nSPS) is 10.7. The molecule has 0 saturated heterocycles. The summed E-state index contributed by atoms with van der Waals surface area (Å²) in [5.41, 5.74) is 1.47. The van der Waals surface area contributed by atoms with Crippen molar-refractivity contribution in [3.8, 4) is 5.75 Å². The maximum Gasteiger partial charge on any atom is 0.310 e. The molecule has 0 amide bonds. The van der Waals surface area contributed by atoms with Crippen molar-refractivity contribution in [1.82, 2.24) is 0 Å². The maximum absolute atomic E-state index is 11.3. The van der Waals surface area contributed by atoms with Gasteiger partial charge in [0.25, 0.3) is 0 Å². The van der Waals surface area contributed by atoms with Crippen LogP contribution in [0.2, 0.25) is 0 Å². The summed E-state index contributed by atoms with van der Waals surface area (Å²) in [5, 5.41) is 11.3. The number of carbonyl (C=O) groups excluding carboxylic acids is 1. The number of benzene rings is 2. The van der Waals surface area contributed by atoms with E-state index in [-0.39, 0.29) is 29.2 Å². The molecule has 0 atom stereocenters. The predicted octanol–water partition coefficient (Wildman–Crippen LogP) is 4.15. The van der Waals surface area contributed by atoms with Gasteiger partial charge in [0.15, 0.2) is 11.5 Å². The largest absolute Gasteiger partial charge is 0.482 e. The Morgan fingerprint density at radius 3 is 2.61 bits per heavy atom. The summed E-state index contributed by atoms with van der Waals surface area (Å²) in [6.45, 7) is 0.231. The number of hydrogen-bond acceptors (Lipinski definition) is 4. The number of alkyl halides is 1. The van der Waals surface area contributed by atoms with Crippen LogP contribution in [-0.2, 0) is 11.4 Å². The van der Waals surface area contributed by atoms with Gasteiger partial charge in [0, 0.05) is 6.07 Å². The number of rotatable bonds is 7. The first-order valence-electron chi connectivity index (χ1n) is 6.82. The summed E-state index contributed by atoms with van der Waals surface area (Å²) < 4.78 is 5.59. The van der Waals surface area contributed by atoms with E-state index in [1.54, 1.807) is 18.2 Å². The van der Waals surface area contributed by atoms with Crippen molar-refractivity contribution in [2.75, 3.05) is 5.33 Å². The lowest BCUT2D eigenvalue weighted by Gasteiger charge is -2.07. The Kier molecular flexibility index (Phi) is 6.05. The van der Waals surface area contributed by atoms with Gasteiger partial charge in [-0.1, -0.05) is 52.3 Å². The summed E-state index contributed by atoms with van der Waals surface area (Å²) in [5.74, 6) is 0.0856. The lowest BCUT2D eigenvalue weighted by Crippen LogP contribution is -1.99. The summed E-state index contributed by atoms with van der Waals surface area (Å²) in [6, 6.07) is 13.9. The first-order chi connectivity index (χ1) is 11.1. The number of ether oxygens (including phenoxy) is 1. The molecule has 2 aromatic carbocycles. The Hall–Kier alpha value is -2.47. The molecule has 0 unspecified atom stereocenters. The van der Waals surface area contributed by atoms with Crippen LogP contribution in [0.15, 0.2) is 54.6 Å². The van der Waals surface area contributed by atoms with Crippen LogP contribution in [-0.4, -0.2) is 16.0 Å². The van der Waals surface area contributed by atoms with Gasteiger partial charge in [-0.2, -0.15) is 0 Å². The first kappa shape index (κ1) is 16.9. The quantitative estimate of drug-likeness (QED) is 0.315. The van der Waals surface area contributed by atoms with Crippen LogP contribution in [0.4, 0.5) is 5.69 Å². The molecule has 0 aliphatic heterocycles. The van der Waals surface area contributed by atoms with Gasteiger partial charge in [-0.3, -0.25) is 14.9 Å². The van der Waals surface area contributed by atoms with E-state index in [4.69, 9.17) is 4.74 Å². The second-order valence-electron chi connectivity index (χ2n) is 4.69. The van der Waals surface area contributed by atoms with Gasteiger partial charge in [-0.15, -0.1) is 0 Å². The van der Waals surface area contributed by atoms with E-state index in [0.717, 1.165) is 5.56 Å². The minimum Gasteiger partial charge on any atom is -0.482 e. The van der Waals surface area contributed by atoms with Crippen molar-refractivity contribution in [3.63, 3.8) is 0 Å². The average molecular weight is 376 g/mol. The summed E-state index contributed by atoms with van der Waals surface area (Å²) in [4.78, 5) is 21.9. The van der Waals surface area contributed by atoms with Gasteiger partial charge in [0.2, 0.25) is 0 Å². The highest BCUT2D eigenvalue weighted by Gasteiger charge is 2.15. The standard InChI is InChI=1S/C17H14BrNO4/c18-11-15(20)8-6-13-7-9-16(19(21)22)17(10-13)23-12-14-4-2-1-3-5-14/h1-10H,11-12H2. The molecular weight excluding hydrogens is 362 g/mol. The molecule has 0 fully saturated rings. The predicted molar refractivity (Wildman–Crippen MR) is 91.7 cm³/mol. The molecular formula is C17H14BrNO4. The molecule has 0 bridgehead atoms. The smallest absolute Gasteiger partial charge is 0.310 e. The number of nitro benzene ring substituents is 1. The minimum absolute atomic E-state index is 0.0879. The number of ketones is 1. The summed E-state index contributed by atoms with van der Waals surface area (Å²) in [6.07, 6.45) is 3.01. The maximum atomic E-state index is 11.3. The summed E-state index contributed by atoms with van der Waals surface area (Å²) >= 11 is 3.07. The van der Waals surface area contributed by atoms with E-state index >= 15 is 0 Å². The fraction of sp³-hybridized carbons (Fsp3) is 0.118. The highest BCUT2D eigenvalue weighted by Crippen LogP contribution is 2.29. The molecule has 23 heavy (non-hydrogen) atoms. The number of nitro groups is 1.